The predicted molar refractivity (Wildman–Crippen MR) is 123 cm³/mol. The number of nitrogens with one attached hydrogen (secondary N) is 1. The molecule has 4 aromatic rings. The van der Waals surface area contributed by atoms with E-state index in [1.165, 1.54) is 59.7 Å². The van der Waals surface area contributed by atoms with Gasteiger partial charge in [0.05, 0.1) is 29.1 Å². The number of aromatic nitrogens is 3. The highest BCUT2D eigenvalue weighted by Crippen LogP contribution is 2.34. The van der Waals surface area contributed by atoms with Crippen LogP contribution >= 0.6 is 0 Å². The highest BCUT2D eigenvalue weighted by atomic mass is 15.2. The maximum Gasteiger partial charge on any atom is 0.0651 e. The van der Waals surface area contributed by atoms with Crippen molar-refractivity contribution in [3.05, 3.63) is 71.8 Å². The first kappa shape index (κ1) is 19.3. The van der Waals surface area contributed by atoms with Crippen molar-refractivity contribution in [1.29, 1.82) is 0 Å². The molecule has 1 aliphatic carbocycles. The van der Waals surface area contributed by atoms with Crippen LogP contribution in [-0.4, -0.2) is 26.4 Å². The fourth-order valence-electron chi connectivity index (χ4n) is 4.94. The van der Waals surface area contributed by atoms with E-state index in [1.54, 1.807) is 0 Å². The minimum absolute atomic E-state index is 0.396. The van der Waals surface area contributed by atoms with Gasteiger partial charge in [0.25, 0.3) is 0 Å². The van der Waals surface area contributed by atoms with Gasteiger partial charge in [0.1, 0.15) is 0 Å². The zero-order valence-electron chi connectivity index (χ0n) is 17.8. The van der Waals surface area contributed by atoms with E-state index in [-0.39, 0.29) is 0 Å². The van der Waals surface area contributed by atoms with Crippen LogP contribution in [0.5, 0.6) is 0 Å². The topological polar surface area (TPSA) is 44.8 Å². The molecule has 0 amide bonds. The fraction of sp³-hybridized carbons (Fsp3) is 0.385. The van der Waals surface area contributed by atoms with Crippen LogP contribution in [0.3, 0.4) is 0 Å². The number of nitrogens with zero attached hydrogens (tertiary/aromatic N) is 3. The number of rotatable bonds is 7. The molecule has 1 atom stereocenters. The SMILES string of the molecule is CCCCCN(Cc1cc2c(cn1)[nH]c1ccccc12)[C@@H]1CCCc2cccnc21. The molecule has 4 nitrogen and oxygen atoms in total. The Labute approximate surface area is 178 Å². The van der Waals surface area contributed by atoms with Crippen molar-refractivity contribution in [2.75, 3.05) is 6.54 Å². The van der Waals surface area contributed by atoms with E-state index in [0.29, 0.717) is 6.04 Å². The molecule has 0 saturated heterocycles. The van der Waals surface area contributed by atoms with E-state index < -0.39 is 0 Å². The van der Waals surface area contributed by atoms with Crippen molar-refractivity contribution in [3.63, 3.8) is 0 Å². The molecule has 30 heavy (non-hydrogen) atoms. The lowest BCUT2D eigenvalue weighted by molar-refractivity contribution is 0.160. The lowest BCUT2D eigenvalue weighted by atomic mass is 9.90. The number of H-pyrrole nitrogens is 1. The molecule has 5 rings (SSSR count). The van der Waals surface area contributed by atoms with Gasteiger partial charge in [-0.1, -0.05) is 44.0 Å². The largest absolute Gasteiger partial charge is 0.353 e. The van der Waals surface area contributed by atoms with Gasteiger partial charge in [-0.15, -0.1) is 0 Å². The van der Waals surface area contributed by atoms with Gasteiger partial charge in [0.15, 0.2) is 0 Å². The summed E-state index contributed by atoms with van der Waals surface area (Å²) in [5, 5.41) is 2.55. The third-order valence-corrected chi connectivity index (χ3v) is 6.47. The molecular weight excluding hydrogens is 368 g/mol. The number of hydrogen-bond donors (Lipinski definition) is 1. The lowest BCUT2D eigenvalue weighted by Gasteiger charge is -2.35. The summed E-state index contributed by atoms with van der Waals surface area (Å²) in [5.74, 6) is 0. The minimum atomic E-state index is 0.396. The maximum atomic E-state index is 4.83. The number of pyridine rings is 2. The number of hydrogen-bond acceptors (Lipinski definition) is 3. The summed E-state index contributed by atoms with van der Waals surface area (Å²) in [6.07, 6.45) is 11.3. The Kier molecular flexibility index (Phi) is 5.50. The van der Waals surface area contributed by atoms with Crippen LogP contribution in [0.15, 0.2) is 54.9 Å². The number of unbranched alkanes of at least 4 members (excludes halogenated alkanes) is 2. The Hall–Kier alpha value is -2.72. The summed E-state index contributed by atoms with van der Waals surface area (Å²) in [6, 6.07) is 15.5. The van der Waals surface area contributed by atoms with Gasteiger partial charge in [0.2, 0.25) is 0 Å². The maximum absolute atomic E-state index is 4.83. The minimum Gasteiger partial charge on any atom is -0.353 e. The van der Waals surface area contributed by atoms with Crippen molar-refractivity contribution in [3.8, 4) is 0 Å². The molecule has 1 N–H and O–H groups in total. The van der Waals surface area contributed by atoms with Gasteiger partial charge in [-0.05, 0) is 56.0 Å². The van der Waals surface area contributed by atoms with E-state index in [1.807, 2.05) is 12.4 Å². The van der Waals surface area contributed by atoms with Crippen LogP contribution in [0.2, 0.25) is 0 Å². The second-order valence-electron chi connectivity index (χ2n) is 8.53. The van der Waals surface area contributed by atoms with Gasteiger partial charge in [-0.3, -0.25) is 14.9 Å². The van der Waals surface area contributed by atoms with Crippen LogP contribution in [-0.2, 0) is 13.0 Å². The van der Waals surface area contributed by atoms with E-state index >= 15 is 0 Å². The van der Waals surface area contributed by atoms with E-state index in [4.69, 9.17) is 9.97 Å². The molecule has 0 radical (unpaired) electrons. The monoisotopic (exact) mass is 398 g/mol. The van der Waals surface area contributed by atoms with Crippen LogP contribution in [0.25, 0.3) is 21.8 Å². The molecule has 0 bridgehead atoms. The zero-order chi connectivity index (χ0) is 20.3. The summed E-state index contributed by atoms with van der Waals surface area (Å²) in [7, 11) is 0. The smallest absolute Gasteiger partial charge is 0.0651 e. The van der Waals surface area contributed by atoms with Crippen LogP contribution in [0, 0.1) is 0 Å². The van der Waals surface area contributed by atoms with Crippen molar-refractivity contribution in [2.24, 2.45) is 0 Å². The summed E-state index contributed by atoms with van der Waals surface area (Å²) < 4.78 is 0. The lowest BCUT2D eigenvalue weighted by Crippen LogP contribution is -2.33. The van der Waals surface area contributed by atoms with Crippen LogP contribution in [0.1, 0.15) is 62.0 Å². The van der Waals surface area contributed by atoms with Crippen molar-refractivity contribution in [1.82, 2.24) is 19.9 Å². The molecule has 0 saturated carbocycles. The first-order valence-corrected chi connectivity index (χ1v) is 11.4. The number of benzene rings is 1. The molecule has 3 heterocycles. The third kappa shape index (κ3) is 3.72. The predicted octanol–water partition coefficient (Wildman–Crippen LogP) is 6.18. The summed E-state index contributed by atoms with van der Waals surface area (Å²) in [6.45, 7) is 4.25. The molecule has 154 valence electrons. The molecule has 1 aliphatic rings. The van der Waals surface area contributed by atoms with Gasteiger partial charge >= 0.3 is 0 Å². The van der Waals surface area contributed by atoms with Gasteiger partial charge in [-0.25, -0.2) is 0 Å². The Morgan fingerprint density at radius 2 is 1.97 bits per heavy atom. The summed E-state index contributed by atoms with van der Waals surface area (Å²) in [4.78, 5) is 15.8. The van der Waals surface area contributed by atoms with E-state index in [0.717, 1.165) is 30.7 Å². The quantitative estimate of drug-likeness (QED) is 0.378. The van der Waals surface area contributed by atoms with Gasteiger partial charge in [0, 0.05) is 29.0 Å². The third-order valence-electron chi connectivity index (χ3n) is 6.47. The molecular formula is C26H30N4. The molecule has 0 spiro atoms. The Bertz CT molecular complexity index is 1150. The average molecular weight is 399 g/mol. The first-order valence-electron chi connectivity index (χ1n) is 11.4. The second-order valence-corrected chi connectivity index (χ2v) is 8.53. The Morgan fingerprint density at radius 3 is 2.90 bits per heavy atom. The Balaban J connectivity index is 1.47. The second kappa shape index (κ2) is 8.57. The first-order chi connectivity index (χ1) is 14.8. The molecule has 0 fully saturated rings. The summed E-state index contributed by atoms with van der Waals surface area (Å²) in [5.41, 5.74) is 6.15. The van der Waals surface area contributed by atoms with Crippen LogP contribution in [0.4, 0.5) is 0 Å². The number of fused-ring (bicyclic) bond motifs is 4. The number of aryl methyl sites for hydroxylation is 1. The van der Waals surface area contributed by atoms with Crippen molar-refractivity contribution >= 4 is 21.8 Å². The number of aromatic amines is 1. The van der Waals surface area contributed by atoms with Crippen molar-refractivity contribution < 1.29 is 0 Å². The van der Waals surface area contributed by atoms with Crippen molar-refractivity contribution in [2.45, 2.75) is 58.0 Å². The standard InChI is InChI=1S/C26H30N4/c1-2-3-6-15-30(25-13-7-9-19-10-8-14-27-26(19)25)18-20-16-22-21-11-4-5-12-23(21)29-24(22)17-28-20/h4-5,8,10-12,14,16-17,25,29H,2-3,6-7,9,13,15,18H2,1H3/t25-/m1/s1. The average Bonchev–Trinajstić information content (AvgIpc) is 3.16. The van der Waals surface area contributed by atoms with Gasteiger partial charge in [-0.2, -0.15) is 0 Å². The van der Waals surface area contributed by atoms with Crippen LogP contribution < -0.4 is 0 Å². The molecule has 0 unspecified atom stereocenters. The molecule has 0 aliphatic heterocycles. The normalized spacial score (nSPS) is 16.4. The molecule has 4 heteroatoms. The highest BCUT2D eigenvalue weighted by Gasteiger charge is 2.27. The number of para-hydroxylation sites is 1. The van der Waals surface area contributed by atoms with Gasteiger partial charge < -0.3 is 4.98 Å². The fourth-order valence-corrected chi connectivity index (χ4v) is 4.94. The molecule has 1 aromatic carbocycles. The molecule has 3 aromatic heterocycles. The Morgan fingerprint density at radius 1 is 1.03 bits per heavy atom. The van der Waals surface area contributed by atoms with E-state index in [2.05, 4.69) is 59.3 Å². The summed E-state index contributed by atoms with van der Waals surface area (Å²) >= 11 is 0. The van der Waals surface area contributed by atoms with E-state index in [9.17, 15) is 0 Å². The highest BCUT2D eigenvalue weighted by molar-refractivity contribution is 6.06. The zero-order valence-corrected chi connectivity index (χ0v) is 17.8.